The van der Waals surface area contributed by atoms with E-state index in [4.69, 9.17) is 45.3 Å². The Morgan fingerprint density at radius 2 is 1.83 bits per heavy atom. The fourth-order valence-electron chi connectivity index (χ4n) is 3.77. The third-order valence-corrected chi connectivity index (χ3v) is 6.31. The van der Waals surface area contributed by atoms with E-state index < -0.39 is 17.4 Å². The molecule has 2 heterocycles. The van der Waals surface area contributed by atoms with Gasteiger partial charge in [-0.05, 0) is 49.0 Å². The second kappa shape index (κ2) is 9.76. The first-order chi connectivity index (χ1) is 16.7. The molecule has 4 rings (SSSR count). The van der Waals surface area contributed by atoms with Crippen molar-refractivity contribution in [3.63, 3.8) is 0 Å². The summed E-state index contributed by atoms with van der Waals surface area (Å²) in [5.41, 5.74) is 4.60. The van der Waals surface area contributed by atoms with Crippen molar-refractivity contribution in [3.05, 3.63) is 68.8 Å². The maximum Gasteiger partial charge on any atom is 0.276 e. The molecule has 0 spiro atoms. The van der Waals surface area contributed by atoms with Gasteiger partial charge in [0.15, 0.2) is 5.69 Å². The van der Waals surface area contributed by atoms with Gasteiger partial charge in [0, 0.05) is 10.0 Å². The van der Waals surface area contributed by atoms with Gasteiger partial charge in [0.25, 0.3) is 5.91 Å². The van der Waals surface area contributed by atoms with E-state index in [2.05, 4.69) is 10.4 Å². The van der Waals surface area contributed by atoms with Crippen LogP contribution in [0.5, 0.6) is 11.6 Å². The second-order valence-electron chi connectivity index (χ2n) is 7.84. The van der Waals surface area contributed by atoms with Crippen LogP contribution in [0.25, 0.3) is 5.69 Å². The van der Waals surface area contributed by atoms with Crippen molar-refractivity contribution >= 4 is 46.6 Å². The number of amides is 2. The average Bonchev–Trinajstić information content (AvgIpc) is 3.14. The Morgan fingerprint density at radius 3 is 2.40 bits per heavy atom. The molecule has 1 fully saturated rings. The number of aromatic nitrogens is 2. The minimum Gasteiger partial charge on any atom is -0.438 e. The predicted molar refractivity (Wildman–Crippen MR) is 131 cm³/mol. The molecule has 0 aliphatic carbocycles. The van der Waals surface area contributed by atoms with Crippen LogP contribution in [0.4, 0.5) is 0 Å². The molecule has 0 bridgehead atoms. The van der Waals surface area contributed by atoms with Crippen LogP contribution in [-0.4, -0.2) is 51.7 Å². The van der Waals surface area contributed by atoms with Crippen molar-refractivity contribution in [2.24, 2.45) is 5.73 Å². The number of nitriles is 1. The Labute approximate surface area is 215 Å². The van der Waals surface area contributed by atoms with Gasteiger partial charge < -0.3 is 20.7 Å². The van der Waals surface area contributed by atoms with E-state index in [1.807, 2.05) is 13.0 Å². The molecule has 0 saturated carbocycles. The first-order valence-electron chi connectivity index (χ1n) is 10.4. The smallest absolute Gasteiger partial charge is 0.276 e. The third-order valence-electron chi connectivity index (χ3n) is 5.52. The van der Waals surface area contributed by atoms with Crippen molar-refractivity contribution in [3.8, 4) is 23.4 Å². The highest BCUT2D eigenvalue weighted by Gasteiger charge is 2.50. The van der Waals surface area contributed by atoms with Crippen LogP contribution in [0.2, 0.25) is 15.1 Å². The summed E-state index contributed by atoms with van der Waals surface area (Å²) in [6.45, 7) is 2.42. The molecule has 35 heavy (non-hydrogen) atoms. The maximum atomic E-state index is 13.3. The molecule has 1 aliphatic rings. The van der Waals surface area contributed by atoms with E-state index in [-0.39, 0.29) is 35.2 Å². The number of nitrogens with zero attached hydrogens (tertiary/aromatic N) is 4. The predicted octanol–water partition coefficient (Wildman–Crippen LogP) is 3.79. The number of hydrogen-bond acceptors (Lipinski definition) is 6. The quantitative estimate of drug-likeness (QED) is 0.476. The van der Waals surface area contributed by atoms with E-state index in [1.54, 1.807) is 36.4 Å². The highest BCUT2D eigenvalue weighted by Crippen LogP contribution is 2.35. The summed E-state index contributed by atoms with van der Waals surface area (Å²) in [6, 6.07) is 13.2. The van der Waals surface area contributed by atoms with Crippen molar-refractivity contribution in [1.29, 1.82) is 5.26 Å². The third kappa shape index (κ3) is 4.66. The summed E-state index contributed by atoms with van der Waals surface area (Å²) < 4.78 is 7.24. The van der Waals surface area contributed by atoms with Crippen molar-refractivity contribution in [2.45, 2.75) is 12.5 Å². The number of halogens is 3. The molecule has 180 valence electrons. The van der Waals surface area contributed by atoms with E-state index >= 15 is 0 Å². The number of nitrogens with two attached hydrogens (primary N) is 1. The zero-order chi connectivity index (χ0) is 25.3. The van der Waals surface area contributed by atoms with Crippen molar-refractivity contribution < 1.29 is 14.3 Å². The van der Waals surface area contributed by atoms with Crippen LogP contribution in [0.1, 0.15) is 23.0 Å². The average molecular weight is 534 g/mol. The molecule has 1 saturated heterocycles. The molecule has 0 atom stereocenters. The van der Waals surface area contributed by atoms with E-state index in [0.717, 1.165) is 0 Å². The number of carbonyl (C=O) groups excluding carboxylic acids is 2. The lowest BCUT2D eigenvalue weighted by Gasteiger charge is -2.47. The monoisotopic (exact) mass is 532 g/mol. The number of hydrogen-bond donors (Lipinski definition) is 2. The molecular formula is C23H19Cl3N6O3. The minimum absolute atomic E-state index is 0.0178. The zero-order valence-corrected chi connectivity index (χ0v) is 20.7. The van der Waals surface area contributed by atoms with Crippen molar-refractivity contribution in [1.82, 2.24) is 20.0 Å². The molecule has 1 aromatic heterocycles. The number of benzene rings is 2. The van der Waals surface area contributed by atoms with Crippen molar-refractivity contribution in [2.75, 3.05) is 19.6 Å². The summed E-state index contributed by atoms with van der Waals surface area (Å²) in [5.74, 6) is -0.772. The lowest BCUT2D eigenvalue weighted by molar-refractivity contribution is -0.130. The molecule has 2 amide bonds. The lowest BCUT2D eigenvalue weighted by Crippen LogP contribution is -2.75. The maximum absolute atomic E-state index is 13.3. The molecule has 12 heteroatoms. The summed E-state index contributed by atoms with van der Waals surface area (Å²) in [5, 5.41) is 18.5. The largest absolute Gasteiger partial charge is 0.438 e. The molecule has 3 aromatic rings. The summed E-state index contributed by atoms with van der Waals surface area (Å²) in [6.07, 6.45) is 0. The Morgan fingerprint density at radius 1 is 1.17 bits per heavy atom. The van der Waals surface area contributed by atoms with Gasteiger partial charge in [0.2, 0.25) is 11.8 Å². The SMILES string of the molecule is CCNC1(C(N)=O)CN(C(=O)c2nn(-c3ccc(Cl)cc3Cl)c(Oc3ccc(Cl)cc3)c2C#N)C1. The molecule has 2 aromatic carbocycles. The van der Waals surface area contributed by atoms with E-state index in [1.165, 1.54) is 15.6 Å². The summed E-state index contributed by atoms with van der Waals surface area (Å²) >= 11 is 18.4. The van der Waals surface area contributed by atoms with Gasteiger partial charge in [-0.1, -0.05) is 41.7 Å². The van der Waals surface area contributed by atoms with Gasteiger partial charge in [-0.2, -0.15) is 15.0 Å². The molecule has 0 radical (unpaired) electrons. The number of likely N-dealkylation sites (tertiary alicyclic amines) is 1. The summed E-state index contributed by atoms with van der Waals surface area (Å²) in [4.78, 5) is 26.7. The number of primary amides is 1. The van der Waals surface area contributed by atoms with Gasteiger partial charge in [-0.3, -0.25) is 9.59 Å². The number of nitrogens with one attached hydrogen (secondary N) is 1. The Bertz CT molecular complexity index is 1340. The fraction of sp³-hybridized carbons (Fsp3) is 0.217. The first kappa shape index (κ1) is 24.8. The number of rotatable bonds is 7. The van der Waals surface area contributed by atoms with Gasteiger partial charge in [0.1, 0.15) is 22.9 Å². The van der Waals surface area contributed by atoms with Gasteiger partial charge in [-0.25, -0.2) is 0 Å². The van der Waals surface area contributed by atoms with Crippen LogP contribution in [0.15, 0.2) is 42.5 Å². The Kier molecular flexibility index (Phi) is 6.92. The molecular weight excluding hydrogens is 515 g/mol. The molecule has 9 nitrogen and oxygen atoms in total. The van der Waals surface area contributed by atoms with E-state index in [0.29, 0.717) is 28.0 Å². The fourth-order valence-corrected chi connectivity index (χ4v) is 4.38. The summed E-state index contributed by atoms with van der Waals surface area (Å²) in [7, 11) is 0. The van der Waals surface area contributed by atoms with Gasteiger partial charge in [0.05, 0.1) is 23.8 Å². The molecule has 1 aliphatic heterocycles. The van der Waals surface area contributed by atoms with Crippen LogP contribution >= 0.6 is 34.8 Å². The topological polar surface area (TPSA) is 126 Å². The van der Waals surface area contributed by atoms with Crippen LogP contribution in [-0.2, 0) is 4.79 Å². The highest BCUT2D eigenvalue weighted by molar-refractivity contribution is 6.35. The standard InChI is InChI=1S/C23H19Cl3N6O3/c1-2-29-23(22(28)34)11-31(12-23)20(33)19-16(10-27)21(35-15-6-3-13(24)4-7-15)32(30-19)18-8-5-14(25)9-17(18)26/h3-9,29H,2,11-12H2,1H3,(H2,28,34). The van der Waals surface area contributed by atoms with Gasteiger partial charge >= 0.3 is 0 Å². The second-order valence-corrected chi connectivity index (χ2v) is 9.12. The number of ether oxygens (including phenoxy) is 1. The van der Waals surface area contributed by atoms with E-state index in [9.17, 15) is 14.9 Å². The Balaban J connectivity index is 1.78. The molecule has 3 N–H and O–H groups in total. The lowest BCUT2D eigenvalue weighted by atomic mass is 9.88. The number of likely N-dealkylation sites (N-methyl/N-ethyl adjacent to an activating group) is 1. The van der Waals surface area contributed by atoms with Crippen LogP contribution in [0.3, 0.4) is 0 Å². The normalized spacial score (nSPS) is 14.2. The number of carbonyl (C=O) groups is 2. The minimum atomic E-state index is -1.03. The molecule has 0 unspecified atom stereocenters. The van der Waals surface area contributed by atoms with Gasteiger partial charge in [-0.15, -0.1) is 0 Å². The Hall–Kier alpha value is -3.29. The highest BCUT2D eigenvalue weighted by atomic mass is 35.5. The zero-order valence-electron chi connectivity index (χ0n) is 18.4. The van der Waals surface area contributed by atoms with Crippen LogP contribution < -0.4 is 15.8 Å². The first-order valence-corrected chi connectivity index (χ1v) is 11.6. The van der Waals surface area contributed by atoms with Crippen LogP contribution in [0, 0.1) is 11.3 Å².